The molecule has 0 saturated carbocycles. The highest BCUT2D eigenvalue weighted by molar-refractivity contribution is 8.13. The minimum Gasteiger partial charge on any atom is -0.467 e. The zero-order chi connectivity index (χ0) is 12.9. The molecule has 0 bridgehead atoms. The number of esters is 1. The molecule has 98 valence electrons. The SMILES string of the molecule is CCC1(CC)CN=C(NC(C)C(=O)OC)SC1. The summed E-state index contributed by atoms with van der Waals surface area (Å²) in [7, 11) is 1.40. The number of methoxy groups -OCH3 is 1. The number of thioether (sulfide) groups is 1. The number of ether oxygens (including phenoxy) is 1. The highest BCUT2D eigenvalue weighted by Crippen LogP contribution is 2.34. The van der Waals surface area contributed by atoms with Crippen LogP contribution in [0.25, 0.3) is 0 Å². The summed E-state index contributed by atoms with van der Waals surface area (Å²) in [5, 5.41) is 3.96. The minimum atomic E-state index is -0.331. The Balaban J connectivity index is 2.54. The van der Waals surface area contributed by atoms with Crippen LogP contribution in [0, 0.1) is 5.41 Å². The van der Waals surface area contributed by atoms with Crippen LogP contribution in [0.1, 0.15) is 33.6 Å². The summed E-state index contributed by atoms with van der Waals surface area (Å²) in [4.78, 5) is 15.8. The van der Waals surface area contributed by atoms with Gasteiger partial charge >= 0.3 is 5.97 Å². The summed E-state index contributed by atoms with van der Waals surface area (Å²) in [5.74, 6) is 0.816. The van der Waals surface area contributed by atoms with Gasteiger partial charge in [0, 0.05) is 12.3 Å². The molecule has 0 spiro atoms. The molecule has 1 aliphatic rings. The summed E-state index contributed by atoms with van der Waals surface area (Å²) in [5.41, 5.74) is 0.338. The molecule has 5 heteroatoms. The van der Waals surface area contributed by atoms with Crippen molar-refractivity contribution in [1.29, 1.82) is 0 Å². The number of carbonyl (C=O) groups is 1. The number of carbonyl (C=O) groups excluding carboxylic acids is 1. The Labute approximate surface area is 108 Å². The van der Waals surface area contributed by atoms with Gasteiger partial charge in [-0.05, 0) is 25.2 Å². The number of amidine groups is 1. The number of aliphatic imine (C=N–C) groups is 1. The Morgan fingerprint density at radius 1 is 1.59 bits per heavy atom. The lowest BCUT2D eigenvalue weighted by atomic mass is 9.84. The van der Waals surface area contributed by atoms with Crippen LogP contribution in [0.4, 0.5) is 0 Å². The first-order chi connectivity index (χ1) is 8.06. The smallest absolute Gasteiger partial charge is 0.328 e. The van der Waals surface area contributed by atoms with Gasteiger partial charge in [-0.15, -0.1) is 0 Å². The molecule has 0 radical (unpaired) electrons. The Morgan fingerprint density at radius 2 is 2.24 bits per heavy atom. The van der Waals surface area contributed by atoms with E-state index in [1.807, 2.05) is 0 Å². The van der Waals surface area contributed by atoms with Crippen LogP contribution in [-0.4, -0.2) is 36.6 Å². The van der Waals surface area contributed by atoms with Crippen LogP contribution in [0.3, 0.4) is 0 Å². The normalized spacial score (nSPS) is 20.4. The number of hydrogen-bond donors (Lipinski definition) is 1. The maximum atomic E-state index is 11.3. The van der Waals surface area contributed by atoms with Crippen molar-refractivity contribution in [2.24, 2.45) is 10.4 Å². The highest BCUT2D eigenvalue weighted by atomic mass is 32.2. The largest absolute Gasteiger partial charge is 0.467 e. The van der Waals surface area contributed by atoms with Gasteiger partial charge in [0.05, 0.1) is 7.11 Å². The predicted octanol–water partition coefficient (Wildman–Crippen LogP) is 2.05. The van der Waals surface area contributed by atoms with Gasteiger partial charge in [-0.1, -0.05) is 25.6 Å². The average Bonchev–Trinajstić information content (AvgIpc) is 2.39. The zero-order valence-electron chi connectivity index (χ0n) is 11.1. The van der Waals surface area contributed by atoms with Crippen molar-refractivity contribution in [2.45, 2.75) is 39.7 Å². The van der Waals surface area contributed by atoms with Crippen LogP contribution >= 0.6 is 11.8 Å². The van der Waals surface area contributed by atoms with E-state index in [-0.39, 0.29) is 12.0 Å². The highest BCUT2D eigenvalue weighted by Gasteiger charge is 2.30. The summed E-state index contributed by atoms with van der Waals surface area (Å²) < 4.78 is 4.67. The molecule has 0 aliphatic carbocycles. The quantitative estimate of drug-likeness (QED) is 0.784. The number of hydrogen-bond acceptors (Lipinski definition) is 5. The summed E-state index contributed by atoms with van der Waals surface area (Å²) in [6.07, 6.45) is 2.31. The second kappa shape index (κ2) is 6.28. The molecule has 1 heterocycles. The Kier molecular flexibility index (Phi) is 5.31. The van der Waals surface area contributed by atoms with Crippen molar-refractivity contribution in [3.8, 4) is 0 Å². The predicted molar refractivity (Wildman–Crippen MR) is 72.4 cm³/mol. The topological polar surface area (TPSA) is 50.7 Å². The molecule has 1 atom stereocenters. The second-order valence-corrected chi connectivity index (χ2v) is 5.47. The van der Waals surface area contributed by atoms with E-state index < -0.39 is 0 Å². The standard InChI is InChI=1S/C12H22N2O2S/c1-5-12(6-2)7-13-11(17-8-12)14-9(3)10(15)16-4/h9H,5-8H2,1-4H3,(H,13,14). The third-order valence-corrected chi connectivity index (χ3v) is 4.74. The fourth-order valence-corrected chi connectivity index (χ4v) is 3.10. The van der Waals surface area contributed by atoms with Crippen molar-refractivity contribution < 1.29 is 9.53 Å². The van der Waals surface area contributed by atoms with Crippen LogP contribution in [0.5, 0.6) is 0 Å². The molecule has 0 saturated heterocycles. The molecule has 0 aromatic heterocycles. The fourth-order valence-electron chi connectivity index (χ4n) is 1.74. The van der Waals surface area contributed by atoms with E-state index in [0.717, 1.165) is 30.3 Å². The molecule has 1 unspecified atom stereocenters. The molecule has 1 N–H and O–H groups in total. The molecule has 0 aromatic carbocycles. The average molecular weight is 258 g/mol. The van der Waals surface area contributed by atoms with E-state index in [4.69, 9.17) is 0 Å². The summed E-state index contributed by atoms with van der Waals surface area (Å²) in [6, 6.07) is -0.331. The molecule has 0 aromatic rings. The summed E-state index contributed by atoms with van der Waals surface area (Å²) >= 11 is 1.71. The second-order valence-electron chi connectivity index (χ2n) is 4.51. The third-order valence-electron chi connectivity index (χ3n) is 3.47. The third kappa shape index (κ3) is 3.63. The van der Waals surface area contributed by atoms with Crippen LogP contribution in [0.15, 0.2) is 4.99 Å². The number of nitrogens with zero attached hydrogens (tertiary/aromatic N) is 1. The maximum absolute atomic E-state index is 11.3. The van der Waals surface area contributed by atoms with Gasteiger partial charge in [0.2, 0.25) is 0 Å². The lowest BCUT2D eigenvalue weighted by Gasteiger charge is -2.33. The molecule has 4 nitrogen and oxygen atoms in total. The Bertz CT molecular complexity index is 301. The van der Waals surface area contributed by atoms with Crippen molar-refractivity contribution in [3.63, 3.8) is 0 Å². The first kappa shape index (κ1) is 14.4. The molecular weight excluding hydrogens is 236 g/mol. The monoisotopic (exact) mass is 258 g/mol. The van der Waals surface area contributed by atoms with Crippen LogP contribution < -0.4 is 5.32 Å². The van der Waals surface area contributed by atoms with Gasteiger partial charge in [-0.3, -0.25) is 4.99 Å². The van der Waals surface area contributed by atoms with E-state index in [0.29, 0.717) is 5.41 Å². The van der Waals surface area contributed by atoms with E-state index in [2.05, 4.69) is 28.9 Å². The van der Waals surface area contributed by atoms with Gasteiger partial charge in [0.25, 0.3) is 0 Å². The van der Waals surface area contributed by atoms with Gasteiger partial charge in [0.1, 0.15) is 6.04 Å². The zero-order valence-corrected chi connectivity index (χ0v) is 11.9. The van der Waals surface area contributed by atoms with Crippen molar-refractivity contribution in [1.82, 2.24) is 5.32 Å². The lowest BCUT2D eigenvalue weighted by Crippen LogP contribution is -2.41. The van der Waals surface area contributed by atoms with Crippen LogP contribution in [-0.2, 0) is 9.53 Å². The maximum Gasteiger partial charge on any atom is 0.328 e. The minimum absolute atomic E-state index is 0.254. The lowest BCUT2D eigenvalue weighted by molar-refractivity contribution is -0.142. The Morgan fingerprint density at radius 3 is 2.65 bits per heavy atom. The fraction of sp³-hybridized carbons (Fsp3) is 0.833. The number of rotatable bonds is 4. The van der Waals surface area contributed by atoms with Crippen LogP contribution in [0.2, 0.25) is 0 Å². The first-order valence-corrected chi connectivity index (χ1v) is 7.07. The summed E-state index contributed by atoms with van der Waals surface area (Å²) in [6.45, 7) is 7.07. The van der Waals surface area contributed by atoms with Crippen molar-refractivity contribution >= 4 is 22.9 Å². The van der Waals surface area contributed by atoms with E-state index in [1.165, 1.54) is 7.11 Å². The van der Waals surface area contributed by atoms with Gasteiger partial charge in [-0.25, -0.2) is 4.79 Å². The van der Waals surface area contributed by atoms with E-state index in [1.54, 1.807) is 18.7 Å². The van der Waals surface area contributed by atoms with Gasteiger partial charge in [-0.2, -0.15) is 0 Å². The van der Waals surface area contributed by atoms with Gasteiger partial charge in [0.15, 0.2) is 5.17 Å². The molecule has 0 amide bonds. The molecule has 1 rings (SSSR count). The molecule has 0 fully saturated rings. The van der Waals surface area contributed by atoms with Crippen molar-refractivity contribution in [3.05, 3.63) is 0 Å². The molecule has 1 aliphatic heterocycles. The van der Waals surface area contributed by atoms with Crippen molar-refractivity contribution in [2.75, 3.05) is 19.4 Å². The Hall–Kier alpha value is -0.710. The molecule has 17 heavy (non-hydrogen) atoms. The van der Waals surface area contributed by atoms with Gasteiger partial charge < -0.3 is 10.1 Å². The number of nitrogens with one attached hydrogen (secondary N) is 1. The molecular formula is C12H22N2O2S. The van der Waals surface area contributed by atoms with E-state index >= 15 is 0 Å². The van der Waals surface area contributed by atoms with E-state index in [9.17, 15) is 4.79 Å². The first-order valence-electron chi connectivity index (χ1n) is 6.08.